The Kier molecular flexibility index (Phi) is 6.99. The van der Waals surface area contributed by atoms with Crippen molar-refractivity contribution in [2.24, 2.45) is 7.05 Å². The molecule has 0 atom stereocenters. The van der Waals surface area contributed by atoms with Gasteiger partial charge in [0.05, 0.1) is 22.0 Å². The fourth-order valence-electron chi connectivity index (χ4n) is 7.46. The first-order valence-electron chi connectivity index (χ1n) is 17.1. The van der Waals surface area contributed by atoms with Gasteiger partial charge >= 0.3 is 0 Å². The van der Waals surface area contributed by atoms with Gasteiger partial charge in [-0.3, -0.25) is 0 Å². The molecule has 7 rings (SSSR count). The van der Waals surface area contributed by atoms with Gasteiger partial charge in [-0.15, -0.1) is 0 Å². The highest BCUT2D eigenvalue weighted by Crippen LogP contribution is 2.41. The van der Waals surface area contributed by atoms with Crippen LogP contribution in [-0.4, -0.2) is 4.57 Å². The summed E-state index contributed by atoms with van der Waals surface area (Å²) in [5, 5.41) is 7.83. The summed E-state index contributed by atoms with van der Waals surface area (Å²) in [6, 6.07) is 34.8. The molecule has 5 aromatic carbocycles. The van der Waals surface area contributed by atoms with E-state index in [1.165, 1.54) is 82.5 Å². The Morgan fingerprint density at radius 2 is 1.11 bits per heavy atom. The van der Waals surface area contributed by atoms with E-state index in [1.54, 1.807) is 0 Å². The monoisotopic (exact) mass is 617 g/mol. The third kappa shape index (κ3) is 5.14. The van der Waals surface area contributed by atoms with Crippen LogP contribution in [0.25, 0.3) is 60.3 Å². The minimum atomic E-state index is 0.0224. The molecule has 0 saturated heterocycles. The first-order valence-corrected chi connectivity index (χ1v) is 17.1. The molecule has 0 N–H and O–H groups in total. The van der Waals surface area contributed by atoms with Crippen molar-refractivity contribution in [3.8, 4) is 16.9 Å². The molecule has 0 aliphatic carbocycles. The Hall–Kier alpha value is -4.43. The molecule has 7 aromatic rings. The van der Waals surface area contributed by atoms with Gasteiger partial charge in [0.15, 0.2) is 6.20 Å². The van der Waals surface area contributed by atoms with Crippen molar-refractivity contribution in [3.63, 3.8) is 0 Å². The van der Waals surface area contributed by atoms with E-state index in [9.17, 15) is 0 Å². The largest absolute Gasteiger partial charge is 0.309 e. The highest BCUT2D eigenvalue weighted by molar-refractivity contribution is 6.10. The molecule has 47 heavy (non-hydrogen) atoms. The fourth-order valence-corrected chi connectivity index (χ4v) is 7.46. The molecule has 0 aliphatic heterocycles. The smallest absolute Gasteiger partial charge is 0.220 e. The second-order valence-corrected chi connectivity index (χ2v) is 16.7. The Labute approximate surface area is 280 Å². The van der Waals surface area contributed by atoms with Gasteiger partial charge in [0, 0.05) is 22.5 Å². The predicted molar refractivity (Wildman–Crippen MR) is 203 cm³/mol. The topological polar surface area (TPSA) is 8.81 Å². The van der Waals surface area contributed by atoms with Gasteiger partial charge in [-0.1, -0.05) is 98.7 Å². The van der Waals surface area contributed by atoms with Crippen LogP contribution < -0.4 is 4.57 Å². The van der Waals surface area contributed by atoms with E-state index in [0.717, 1.165) is 0 Å². The lowest BCUT2D eigenvalue weighted by Gasteiger charge is -2.24. The van der Waals surface area contributed by atoms with E-state index in [0.29, 0.717) is 0 Å². The Morgan fingerprint density at radius 1 is 0.532 bits per heavy atom. The molecule has 0 amide bonds. The minimum absolute atomic E-state index is 0.0224. The quantitative estimate of drug-likeness (QED) is 0.171. The molecule has 238 valence electrons. The lowest BCUT2D eigenvalue weighted by Crippen LogP contribution is -2.31. The van der Waals surface area contributed by atoms with E-state index < -0.39 is 0 Å². The van der Waals surface area contributed by atoms with E-state index in [-0.39, 0.29) is 16.2 Å². The molecule has 2 heterocycles. The van der Waals surface area contributed by atoms with Gasteiger partial charge in [-0.2, -0.15) is 0 Å². The molecule has 0 fully saturated rings. The van der Waals surface area contributed by atoms with Gasteiger partial charge in [0.25, 0.3) is 0 Å². The summed E-state index contributed by atoms with van der Waals surface area (Å²) in [5.41, 5.74) is 11.9. The number of aryl methyl sites for hydroxylation is 2. The standard InChI is InChI=1S/C45H49N2/c1-28-33-14-12-13-15-35(33)39(45(8,9)10)27-36(28)42-34-19-18-32(24-29(34)22-23-46(42)11)47-40-20-16-30(43(2,3)4)25-37(40)38-26-31(44(5,6)7)17-21-41(38)47/h12-27H,1-11H3/q+1. The summed E-state index contributed by atoms with van der Waals surface area (Å²) >= 11 is 0. The van der Waals surface area contributed by atoms with Crippen LogP contribution in [0.2, 0.25) is 0 Å². The van der Waals surface area contributed by atoms with Gasteiger partial charge in [0.1, 0.15) is 7.05 Å². The maximum Gasteiger partial charge on any atom is 0.220 e. The van der Waals surface area contributed by atoms with Crippen molar-refractivity contribution in [1.82, 2.24) is 4.57 Å². The van der Waals surface area contributed by atoms with Crippen molar-refractivity contribution in [1.29, 1.82) is 0 Å². The van der Waals surface area contributed by atoms with E-state index in [1.807, 2.05) is 0 Å². The zero-order valence-corrected chi connectivity index (χ0v) is 30.1. The molecule has 0 bridgehead atoms. The number of aromatic nitrogens is 2. The Bertz CT molecular complexity index is 2290. The molecule has 0 aliphatic rings. The van der Waals surface area contributed by atoms with Crippen LogP contribution in [0, 0.1) is 6.92 Å². The number of rotatable bonds is 2. The number of fused-ring (bicyclic) bond motifs is 5. The molecular weight excluding hydrogens is 569 g/mol. The number of hydrogen-bond donors (Lipinski definition) is 0. The summed E-state index contributed by atoms with van der Waals surface area (Å²) in [5.74, 6) is 0. The normalized spacial score (nSPS) is 13.0. The van der Waals surface area contributed by atoms with Crippen LogP contribution in [0.3, 0.4) is 0 Å². The molecule has 2 heteroatoms. The maximum atomic E-state index is 2.47. The first kappa shape index (κ1) is 31.2. The predicted octanol–water partition coefficient (Wildman–Crippen LogP) is 11.8. The van der Waals surface area contributed by atoms with E-state index in [2.05, 4.69) is 183 Å². The molecular formula is C45H49N2+. The third-order valence-corrected chi connectivity index (χ3v) is 10.3. The molecule has 0 spiro atoms. The minimum Gasteiger partial charge on any atom is -0.309 e. The first-order chi connectivity index (χ1) is 22.0. The second-order valence-electron chi connectivity index (χ2n) is 16.7. The van der Waals surface area contributed by atoms with Crippen molar-refractivity contribution < 1.29 is 4.57 Å². The van der Waals surface area contributed by atoms with Crippen molar-refractivity contribution in [3.05, 3.63) is 119 Å². The van der Waals surface area contributed by atoms with Crippen LogP contribution in [0.1, 0.15) is 84.6 Å². The van der Waals surface area contributed by atoms with Gasteiger partial charge < -0.3 is 4.57 Å². The van der Waals surface area contributed by atoms with Crippen molar-refractivity contribution >= 4 is 43.4 Å². The van der Waals surface area contributed by atoms with Crippen LogP contribution >= 0.6 is 0 Å². The van der Waals surface area contributed by atoms with Gasteiger partial charge in [-0.05, 0) is 110 Å². The van der Waals surface area contributed by atoms with Crippen LogP contribution in [0.5, 0.6) is 0 Å². The molecule has 2 aromatic heterocycles. The van der Waals surface area contributed by atoms with Gasteiger partial charge in [-0.25, -0.2) is 4.57 Å². The summed E-state index contributed by atoms with van der Waals surface area (Å²) < 4.78 is 4.77. The highest BCUT2D eigenvalue weighted by atomic mass is 15.0. The van der Waals surface area contributed by atoms with Gasteiger partial charge in [0.2, 0.25) is 5.69 Å². The van der Waals surface area contributed by atoms with Crippen LogP contribution in [0.4, 0.5) is 0 Å². The molecule has 0 saturated carbocycles. The lowest BCUT2D eigenvalue weighted by atomic mass is 9.80. The molecule has 0 unspecified atom stereocenters. The van der Waals surface area contributed by atoms with Crippen LogP contribution in [-0.2, 0) is 23.3 Å². The summed E-state index contributed by atoms with van der Waals surface area (Å²) in [4.78, 5) is 0. The maximum absolute atomic E-state index is 2.47. The second kappa shape index (κ2) is 10.5. The molecule has 2 nitrogen and oxygen atoms in total. The summed E-state index contributed by atoms with van der Waals surface area (Å²) in [7, 11) is 2.18. The number of pyridine rings is 1. The SMILES string of the molecule is Cc1c(-c2c3ccc(-n4c5ccc(C(C)(C)C)cc5c5cc(C(C)(C)C)ccc54)cc3cc[n+]2C)cc(C(C)(C)C)c2ccccc12. The number of nitrogens with zero attached hydrogens (tertiary/aromatic N) is 2. The van der Waals surface area contributed by atoms with E-state index >= 15 is 0 Å². The third-order valence-electron chi connectivity index (χ3n) is 10.3. The number of hydrogen-bond acceptors (Lipinski definition) is 0. The zero-order chi connectivity index (χ0) is 33.6. The molecule has 0 radical (unpaired) electrons. The van der Waals surface area contributed by atoms with Crippen molar-refractivity contribution in [2.45, 2.75) is 85.5 Å². The van der Waals surface area contributed by atoms with Crippen LogP contribution in [0.15, 0.2) is 97.2 Å². The fraction of sp³-hybridized carbons (Fsp3) is 0.311. The average molecular weight is 618 g/mol. The Balaban J connectivity index is 1.49. The summed E-state index contributed by atoms with van der Waals surface area (Å²) in [6.07, 6.45) is 2.23. The average Bonchev–Trinajstić information content (AvgIpc) is 3.33. The highest BCUT2D eigenvalue weighted by Gasteiger charge is 2.26. The lowest BCUT2D eigenvalue weighted by molar-refractivity contribution is -0.659. The van der Waals surface area contributed by atoms with Crippen molar-refractivity contribution in [2.75, 3.05) is 0 Å². The zero-order valence-electron chi connectivity index (χ0n) is 30.1. The summed E-state index contributed by atoms with van der Waals surface area (Å²) in [6.45, 7) is 23.1. The van der Waals surface area contributed by atoms with E-state index in [4.69, 9.17) is 0 Å². The Morgan fingerprint density at radius 3 is 1.66 bits per heavy atom. The number of benzene rings is 5.